The van der Waals surface area contributed by atoms with Crippen molar-refractivity contribution in [1.29, 1.82) is 0 Å². The minimum absolute atomic E-state index is 0.567. The molecule has 1 aliphatic carbocycles. The summed E-state index contributed by atoms with van der Waals surface area (Å²) in [6.07, 6.45) is 9.81. The van der Waals surface area contributed by atoms with Crippen LogP contribution in [-0.2, 0) is 5.60 Å². The lowest BCUT2D eigenvalue weighted by Gasteiger charge is -2.11. The van der Waals surface area contributed by atoms with E-state index in [1.807, 2.05) is 6.08 Å². The molecule has 0 radical (unpaired) electrons. The molecule has 1 N–H and O–H groups in total. The van der Waals surface area contributed by atoms with Gasteiger partial charge in [0.1, 0.15) is 17.6 Å². The van der Waals surface area contributed by atoms with Crippen LogP contribution in [0.3, 0.4) is 0 Å². The van der Waals surface area contributed by atoms with Crippen molar-refractivity contribution in [3.63, 3.8) is 0 Å². The number of rotatable bonds is 2. The summed E-state index contributed by atoms with van der Waals surface area (Å²) in [5.41, 5.74) is 0.620. The van der Waals surface area contributed by atoms with Crippen molar-refractivity contribution in [3.8, 4) is 0 Å². The molecule has 80 valence electrons. The smallest absolute Gasteiger partial charge is 0.225 e. The molecule has 0 aromatic carbocycles. The lowest BCUT2D eigenvalue weighted by atomic mass is 10.1. The van der Waals surface area contributed by atoms with Crippen LogP contribution in [0.15, 0.2) is 28.9 Å². The molecule has 0 amide bonds. The molecule has 0 aliphatic heterocycles. The minimum atomic E-state index is -0.944. The lowest BCUT2D eigenvalue weighted by molar-refractivity contribution is 0.0737. The van der Waals surface area contributed by atoms with E-state index in [0.29, 0.717) is 11.6 Å². The highest BCUT2D eigenvalue weighted by Crippen LogP contribution is 2.24. The molecule has 0 bridgehead atoms. The van der Waals surface area contributed by atoms with E-state index < -0.39 is 5.60 Å². The molecule has 2 rings (SSSR count). The van der Waals surface area contributed by atoms with Gasteiger partial charge in [0.25, 0.3) is 0 Å². The van der Waals surface area contributed by atoms with Gasteiger partial charge < -0.3 is 9.52 Å². The van der Waals surface area contributed by atoms with Crippen molar-refractivity contribution in [1.82, 2.24) is 4.98 Å². The first-order valence-corrected chi connectivity index (χ1v) is 5.13. The van der Waals surface area contributed by atoms with Gasteiger partial charge in [-0.25, -0.2) is 4.98 Å². The van der Waals surface area contributed by atoms with Gasteiger partial charge in [-0.2, -0.15) is 0 Å². The minimum Gasteiger partial charge on any atom is -0.444 e. The van der Waals surface area contributed by atoms with Crippen LogP contribution in [0.4, 0.5) is 0 Å². The van der Waals surface area contributed by atoms with E-state index in [-0.39, 0.29) is 0 Å². The van der Waals surface area contributed by atoms with E-state index in [1.165, 1.54) is 6.26 Å². The normalized spacial score (nSPS) is 16.6. The number of aliphatic hydroxyl groups is 1. The summed E-state index contributed by atoms with van der Waals surface area (Å²) in [6.45, 7) is 3.39. The Kier molecular flexibility index (Phi) is 2.49. The van der Waals surface area contributed by atoms with Gasteiger partial charge in [-0.05, 0) is 26.7 Å². The topological polar surface area (TPSA) is 46.3 Å². The molecular formula is C12H15NO2. The van der Waals surface area contributed by atoms with Crippen LogP contribution in [0, 0.1) is 0 Å². The van der Waals surface area contributed by atoms with Gasteiger partial charge in [0.2, 0.25) is 5.89 Å². The van der Waals surface area contributed by atoms with Gasteiger partial charge in [0.15, 0.2) is 0 Å². The van der Waals surface area contributed by atoms with E-state index >= 15 is 0 Å². The monoisotopic (exact) mass is 205 g/mol. The second-order valence-electron chi connectivity index (χ2n) is 4.24. The fraction of sp³-hybridized carbons (Fsp3) is 0.417. The van der Waals surface area contributed by atoms with E-state index in [0.717, 1.165) is 18.4 Å². The zero-order chi connectivity index (χ0) is 10.9. The average molecular weight is 205 g/mol. The van der Waals surface area contributed by atoms with Gasteiger partial charge in [0.05, 0.1) is 0 Å². The number of hydrogen-bond acceptors (Lipinski definition) is 3. The first-order valence-electron chi connectivity index (χ1n) is 5.13. The van der Waals surface area contributed by atoms with E-state index in [1.54, 1.807) is 13.8 Å². The molecule has 1 aromatic rings. The second-order valence-corrected chi connectivity index (χ2v) is 4.24. The molecule has 0 unspecified atom stereocenters. The summed E-state index contributed by atoms with van der Waals surface area (Å²) in [5, 5.41) is 9.74. The van der Waals surface area contributed by atoms with E-state index in [9.17, 15) is 5.11 Å². The maximum atomic E-state index is 9.74. The molecule has 0 saturated heterocycles. The van der Waals surface area contributed by atoms with E-state index in [2.05, 4.69) is 17.1 Å². The number of hydrogen-bond donors (Lipinski definition) is 1. The van der Waals surface area contributed by atoms with Crippen molar-refractivity contribution >= 4 is 5.57 Å². The Morgan fingerprint density at radius 3 is 2.73 bits per heavy atom. The fourth-order valence-corrected chi connectivity index (χ4v) is 1.46. The summed E-state index contributed by atoms with van der Waals surface area (Å²) in [6, 6.07) is 0. The third-order valence-corrected chi connectivity index (χ3v) is 2.37. The molecule has 0 spiro atoms. The molecular weight excluding hydrogens is 190 g/mol. The number of oxazole rings is 1. The molecule has 3 heteroatoms. The van der Waals surface area contributed by atoms with Crippen LogP contribution >= 0.6 is 0 Å². The molecule has 1 aliphatic rings. The van der Waals surface area contributed by atoms with Crippen LogP contribution in [0.25, 0.3) is 5.57 Å². The predicted octanol–water partition coefficient (Wildman–Crippen LogP) is 2.64. The second kappa shape index (κ2) is 3.66. The predicted molar refractivity (Wildman–Crippen MR) is 58.1 cm³/mol. The van der Waals surface area contributed by atoms with Crippen molar-refractivity contribution in [2.45, 2.75) is 32.3 Å². The van der Waals surface area contributed by atoms with Crippen molar-refractivity contribution in [2.24, 2.45) is 0 Å². The Morgan fingerprint density at radius 1 is 1.40 bits per heavy atom. The molecule has 1 heterocycles. The van der Waals surface area contributed by atoms with Gasteiger partial charge in [-0.3, -0.25) is 0 Å². The average Bonchev–Trinajstić information content (AvgIpc) is 2.67. The largest absolute Gasteiger partial charge is 0.444 e. The summed E-state index contributed by atoms with van der Waals surface area (Å²) >= 11 is 0. The highest BCUT2D eigenvalue weighted by atomic mass is 16.3. The van der Waals surface area contributed by atoms with Gasteiger partial charge in [-0.1, -0.05) is 18.2 Å². The zero-order valence-electron chi connectivity index (χ0n) is 9.03. The maximum absolute atomic E-state index is 9.74. The number of nitrogens with zero attached hydrogens (tertiary/aromatic N) is 1. The molecule has 1 aromatic heterocycles. The first kappa shape index (κ1) is 10.2. The third kappa shape index (κ3) is 2.18. The lowest BCUT2D eigenvalue weighted by Crippen LogP contribution is -2.15. The molecule has 0 saturated carbocycles. The van der Waals surface area contributed by atoms with Gasteiger partial charge in [0, 0.05) is 5.57 Å². The number of allylic oxidation sites excluding steroid dienone is 4. The Labute approximate surface area is 89.1 Å². The van der Waals surface area contributed by atoms with Crippen molar-refractivity contribution < 1.29 is 9.52 Å². The highest BCUT2D eigenvalue weighted by Gasteiger charge is 2.21. The fourth-order valence-electron chi connectivity index (χ4n) is 1.46. The Hall–Kier alpha value is -1.35. The molecule has 3 nitrogen and oxygen atoms in total. The first-order chi connectivity index (χ1) is 7.07. The van der Waals surface area contributed by atoms with Crippen LogP contribution < -0.4 is 0 Å². The highest BCUT2D eigenvalue weighted by molar-refractivity contribution is 5.69. The van der Waals surface area contributed by atoms with Crippen molar-refractivity contribution in [2.75, 3.05) is 0 Å². The standard InChI is InChI=1S/C12H15NO2/c1-12(2,14)10-8-15-11(13-10)9-6-4-3-5-7-9/h4,6-8,14H,3,5H2,1-2H3. The molecule has 15 heavy (non-hydrogen) atoms. The van der Waals surface area contributed by atoms with Crippen LogP contribution in [0.1, 0.15) is 38.3 Å². The summed E-state index contributed by atoms with van der Waals surface area (Å²) in [5.74, 6) is 0.586. The summed E-state index contributed by atoms with van der Waals surface area (Å²) in [4.78, 5) is 4.27. The Morgan fingerprint density at radius 2 is 2.20 bits per heavy atom. The SMILES string of the molecule is CC(C)(O)c1coc(C2=CCCC=C2)n1. The van der Waals surface area contributed by atoms with Crippen LogP contribution in [0.2, 0.25) is 0 Å². The molecule has 0 atom stereocenters. The van der Waals surface area contributed by atoms with Gasteiger partial charge >= 0.3 is 0 Å². The summed E-state index contributed by atoms with van der Waals surface area (Å²) < 4.78 is 5.34. The van der Waals surface area contributed by atoms with Crippen LogP contribution in [0.5, 0.6) is 0 Å². The Balaban J connectivity index is 2.28. The zero-order valence-corrected chi connectivity index (χ0v) is 9.03. The van der Waals surface area contributed by atoms with Crippen LogP contribution in [-0.4, -0.2) is 10.1 Å². The van der Waals surface area contributed by atoms with Crippen molar-refractivity contribution in [3.05, 3.63) is 36.1 Å². The number of aromatic nitrogens is 1. The van der Waals surface area contributed by atoms with E-state index in [4.69, 9.17) is 4.42 Å². The summed E-state index contributed by atoms with van der Waals surface area (Å²) in [7, 11) is 0. The van der Waals surface area contributed by atoms with Gasteiger partial charge in [-0.15, -0.1) is 0 Å². The molecule has 0 fully saturated rings. The maximum Gasteiger partial charge on any atom is 0.225 e. The quantitative estimate of drug-likeness (QED) is 0.807. The Bertz CT molecular complexity index is 408. The third-order valence-electron chi connectivity index (χ3n) is 2.37.